The third-order valence-corrected chi connectivity index (χ3v) is 10.4. The number of rotatable bonds is 3. The molecule has 0 aliphatic rings. The maximum Gasteiger partial charge on any atom is 0.0623 e. The lowest BCUT2D eigenvalue weighted by atomic mass is 9.85. The summed E-state index contributed by atoms with van der Waals surface area (Å²) >= 11 is 1.89. The third-order valence-electron chi connectivity index (χ3n) is 9.05. The first-order valence-electron chi connectivity index (χ1n) is 15.6. The van der Waals surface area contributed by atoms with Gasteiger partial charge in [0.15, 0.2) is 0 Å². The molecule has 0 aliphatic heterocycles. The number of thiophene rings is 1. The van der Waals surface area contributed by atoms with Crippen LogP contribution in [0, 0.1) is 6.92 Å². The van der Waals surface area contributed by atoms with Crippen LogP contribution in [0.2, 0.25) is 0 Å². The molecule has 0 unspecified atom stereocenters. The Kier molecular flexibility index (Phi) is 5.46. The second kappa shape index (κ2) is 9.91. The van der Waals surface area contributed by atoms with E-state index < -0.39 is 0 Å². The number of fused-ring (bicyclic) bond motifs is 6. The summed E-state index contributed by atoms with van der Waals surface area (Å²) in [6.07, 6.45) is 0. The molecule has 0 bridgehead atoms. The Balaban J connectivity index is 1.30. The van der Waals surface area contributed by atoms with Gasteiger partial charge >= 0.3 is 0 Å². The van der Waals surface area contributed by atoms with Crippen LogP contribution < -0.4 is 0 Å². The number of hydrogen-bond donors (Lipinski definition) is 0. The SMILES string of the molecule is [2H]c1ccc2cc(-c3cccc(-c4c5ccccc5c(-c5cc(C)c6sc7ccccc7c6c5)c5ccccc45)c3)ccc2c1. The molecule has 0 amide bonds. The molecule has 0 nitrogen and oxygen atoms in total. The Hall–Kier alpha value is -5.24. The number of benzene rings is 8. The van der Waals surface area contributed by atoms with Crippen LogP contribution >= 0.6 is 11.3 Å². The van der Waals surface area contributed by atoms with Crippen molar-refractivity contribution >= 4 is 63.8 Å². The summed E-state index contributed by atoms with van der Waals surface area (Å²) in [5.74, 6) is 0. The minimum atomic E-state index is 0.540. The number of hydrogen-bond acceptors (Lipinski definition) is 1. The quantitative estimate of drug-likeness (QED) is 0.183. The highest BCUT2D eigenvalue weighted by Crippen LogP contribution is 2.46. The molecular weight excluding hydrogens is 549 g/mol. The predicted molar refractivity (Wildman–Crippen MR) is 193 cm³/mol. The molecule has 1 aromatic heterocycles. The third kappa shape index (κ3) is 3.90. The molecule has 0 atom stereocenters. The molecule has 0 fully saturated rings. The monoisotopic (exact) mass is 577 g/mol. The van der Waals surface area contributed by atoms with Crippen molar-refractivity contribution in [2.75, 3.05) is 0 Å². The smallest absolute Gasteiger partial charge is 0.0623 e. The second-order valence-electron chi connectivity index (χ2n) is 11.7. The fourth-order valence-electron chi connectivity index (χ4n) is 7.05. The minimum Gasteiger partial charge on any atom is -0.135 e. The van der Waals surface area contributed by atoms with Gasteiger partial charge in [0.2, 0.25) is 0 Å². The van der Waals surface area contributed by atoms with E-state index >= 15 is 0 Å². The van der Waals surface area contributed by atoms with Gasteiger partial charge in [0.25, 0.3) is 0 Å². The molecule has 0 spiro atoms. The molecule has 0 saturated carbocycles. The van der Waals surface area contributed by atoms with Crippen LogP contribution in [0.1, 0.15) is 6.93 Å². The molecule has 206 valence electrons. The first kappa shape index (κ1) is 24.2. The Bertz CT molecular complexity index is 2570. The molecule has 0 N–H and O–H groups in total. The van der Waals surface area contributed by atoms with Gasteiger partial charge in [0.05, 0.1) is 1.37 Å². The maximum atomic E-state index is 7.99. The van der Waals surface area contributed by atoms with Crippen molar-refractivity contribution in [3.8, 4) is 33.4 Å². The molecule has 9 aromatic rings. The van der Waals surface area contributed by atoms with Crippen molar-refractivity contribution in [2.24, 2.45) is 0 Å². The van der Waals surface area contributed by atoms with Crippen molar-refractivity contribution in [3.05, 3.63) is 157 Å². The van der Waals surface area contributed by atoms with Crippen LogP contribution in [-0.4, -0.2) is 0 Å². The van der Waals surface area contributed by atoms with Crippen molar-refractivity contribution in [2.45, 2.75) is 6.92 Å². The largest absolute Gasteiger partial charge is 0.135 e. The van der Waals surface area contributed by atoms with E-state index in [1.807, 2.05) is 29.5 Å². The molecule has 44 heavy (non-hydrogen) atoms. The average Bonchev–Trinajstić information content (AvgIpc) is 3.46. The Morgan fingerprint density at radius 2 is 1.07 bits per heavy atom. The van der Waals surface area contributed by atoms with E-state index in [1.165, 1.54) is 80.7 Å². The van der Waals surface area contributed by atoms with Crippen LogP contribution in [0.15, 0.2) is 152 Å². The highest BCUT2D eigenvalue weighted by Gasteiger charge is 2.18. The van der Waals surface area contributed by atoms with E-state index in [0.29, 0.717) is 6.04 Å². The topological polar surface area (TPSA) is 0 Å². The zero-order chi connectivity index (χ0) is 30.1. The van der Waals surface area contributed by atoms with Crippen molar-refractivity contribution < 1.29 is 1.37 Å². The Morgan fingerprint density at radius 1 is 0.432 bits per heavy atom. The molecule has 0 radical (unpaired) electrons. The van der Waals surface area contributed by atoms with E-state index in [0.717, 1.165) is 10.8 Å². The van der Waals surface area contributed by atoms with E-state index in [-0.39, 0.29) is 0 Å². The first-order valence-corrected chi connectivity index (χ1v) is 15.9. The van der Waals surface area contributed by atoms with Gasteiger partial charge in [-0.3, -0.25) is 0 Å². The highest BCUT2D eigenvalue weighted by molar-refractivity contribution is 7.26. The summed E-state index contributed by atoms with van der Waals surface area (Å²) < 4.78 is 10.7. The van der Waals surface area contributed by atoms with E-state index in [9.17, 15) is 0 Å². The van der Waals surface area contributed by atoms with E-state index in [4.69, 9.17) is 1.37 Å². The molecule has 9 rings (SSSR count). The lowest BCUT2D eigenvalue weighted by molar-refractivity contribution is 1.56. The lowest BCUT2D eigenvalue weighted by Crippen LogP contribution is -1.91. The summed E-state index contributed by atoms with van der Waals surface area (Å²) in [5.41, 5.74) is 8.73. The average molecular weight is 578 g/mol. The Morgan fingerprint density at radius 3 is 1.82 bits per heavy atom. The normalized spacial score (nSPS) is 12.1. The molecule has 1 heterocycles. The summed E-state index contributed by atoms with van der Waals surface area (Å²) in [6, 6.07) is 53.3. The molecule has 1 heteroatoms. The number of aryl methyl sites for hydroxylation is 1. The fraction of sp³-hybridized carbons (Fsp3) is 0.0233. The Labute approximate surface area is 261 Å². The van der Waals surface area contributed by atoms with Crippen molar-refractivity contribution in [3.63, 3.8) is 0 Å². The van der Waals surface area contributed by atoms with E-state index in [2.05, 4.69) is 134 Å². The van der Waals surface area contributed by atoms with Gasteiger partial charge < -0.3 is 0 Å². The van der Waals surface area contributed by atoms with Gasteiger partial charge in [0.1, 0.15) is 0 Å². The lowest BCUT2D eigenvalue weighted by Gasteiger charge is -2.18. The minimum absolute atomic E-state index is 0.540. The van der Waals surface area contributed by atoms with Crippen LogP contribution in [0.3, 0.4) is 0 Å². The van der Waals surface area contributed by atoms with E-state index in [1.54, 1.807) is 0 Å². The summed E-state index contributed by atoms with van der Waals surface area (Å²) in [6.45, 7) is 2.25. The van der Waals surface area contributed by atoms with Gasteiger partial charge in [-0.1, -0.05) is 121 Å². The highest BCUT2D eigenvalue weighted by atomic mass is 32.1. The van der Waals surface area contributed by atoms with Gasteiger partial charge in [-0.2, -0.15) is 0 Å². The standard InChI is InChI=1S/C43H28S/c1-27-23-33(26-39-34-15-8-9-20-40(34)44-43(27)39)42-37-18-6-4-16-35(37)41(36-17-5-7-19-38(36)42)32-14-10-13-30(25-32)31-22-21-28-11-2-3-12-29(28)24-31/h2-26H,1H3/i2D. The summed E-state index contributed by atoms with van der Waals surface area (Å²) in [7, 11) is 0. The van der Waals surface area contributed by atoms with Crippen LogP contribution in [-0.2, 0) is 0 Å². The molecule has 0 saturated heterocycles. The summed E-state index contributed by atoms with van der Waals surface area (Å²) in [4.78, 5) is 0. The van der Waals surface area contributed by atoms with Crippen molar-refractivity contribution in [1.82, 2.24) is 0 Å². The van der Waals surface area contributed by atoms with Gasteiger partial charge in [0, 0.05) is 20.2 Å². The zero-order valence-corrected chi connectivity index (χ0v) is 25.1. The molecular formula is C43H28S. The predicted octanol–water partition coefficient (Wildman–Crippen LogP) is 12.8. The second-order valence-corrected chi connectivity index (χ2v) is 12.7. The van der Waals surface area contributed by atoms with Crippen LogP contribution in [0.4, 0.5) is 0 Å². The van der Waals surface area contributed by atoms with Gasteiger partial charge in [-0.15, -0.1) is 11.3 Å². The van der Waals surface area contributed by atoms with Crippen LogP contribution in [0.5, 0.6) is 0 Å². The van der Waals surface area contributed by atoms with Crippen LogP contribution in [0.25, 0.3) is 85.9 Å². The molecule has 0 aliphatic carbocycles. The first-order chi connectivity index (χ1) is 22.1. The maximum absolute atomic E-state index is 7.99. The van der Waals surface area contributed by atoms with Crippen molar-refractivity contribution in [1.29, 1.82) is 0 Å². The van der Waals surface area contributed by atoms with Gasteiger partial charge in [-0.05, 0) is 109 Å². The fourth-order valence-corrected chi connectivity index (χ4v) is 8.21. The molecule has 8 aromatic carbocycles. The summed E-state index contributed by atoms with van der Waals surface area (Å²) in [5, 5.41) is 9.98. The van der Waals surface area contributed by atoms with Gasteiger partial charge in [-0.25, -0.2) is 0 Å². The zero-order valence-electron chi connectivity index (χ0n) is 25.3.